The third-order valence-electron chi connectivity index (χ3n) is 6.04. The zero-order chi connectivity index (χ0) is 23.3. The number of hydrogen-bond acceptors (Lipinski definition) is 7. The standard InChI is InChI=1S/C26H26N6O2/c1-34-21-9-6-8-20(17-21)31-13-15-32(16-14-31)25-23-11-3-2-10-22(23)24(29-30-25)26(33)28-18-19-7-4-5-12-27-19/h2-12,17H,13-16,18H2,1H3,(H,28,33). The molecule has 1 N–H and O–H groups in total. The number of carbonyl (C=O) groups excluding carboxylic acids is 1. The summed E-state index contributed by atoms with van der Waals surface area (Å²) in [4.78, 5) is 21.7. The highest BCUT2D eigenvalue weighted by Crippen LogP contribution is 2.28. The second-order valence-corrected chi connectivity index (χ2v) is 8.10. The average Bonchev–Trinajstić information content (AvgIpc) is 2.92. The summed E-state index contributed by atoms with van der Waals surface area (Å²) < 4.78 is 5.37. The Hall–Kier alpha value is -4.20. The number of methoxy groups -OCH3 is 1. The van der Waals surface area contributed by atoms with Crippen LogP contribution < -0.4 is 19.9 Å². The number of anilines is 2. The summed E-state index contributed by atoms with van der Waals surface area (Å²) in [7, 11) is 1.68. The van der Waals surface area contributed by atoms with Crippen molar-refractivity contribution in [1.29, 1.82) is 0 Å². The predicted molar refractivity (Wildman–Crippen MR) is 132 cm³/mol. The van der Waals surface area contributed by atoms with Crippen LogP contribution in [0.4, 0.5) is 11.5 Å². The third kappa shape index (κ3) is 4.47. The number of aromatic nitrogens is 3. The second-order valence-electron chi connectivity index (χ2n) is 8.10. The largest absolute Gasteiger partial charge is 0.497 e. The van der Waals surface area contributed by atoms with Gasteiger partial charge in [0.15, 0.2) is 11.5 Å². The molecule has 2 aromatic heterocycles. The van der Waals surface area contributed by atoms with Gasteiger partial charge in [-0.25, -0.2) is 0 Å². The molecule has 1 saturated heterocycles. The number of pyridine rings is 1. The molecule has 172 valence electrons. The van der Waals surface area contributed by atoms with Crippen LogP contribution in [-0.4, -0.2) is 54.4 Å². The number of amides is 1. The zero-order valence-corrected chi connectivity index (χ0v) is 19.0. The van der Waals surface area contributed by atoms with E-state index < -0.39 is 0 Å². The number of piperazine rings is 1. The second kappa shape index (κ2) is 9.74. The molecule has 8 heteroatoms. The molecule has 0 saturated carbocycles. The number of carbonyl (C=O) groups is 1. The lowest BCUT2D eigenvalue weighted by atomic mass is 10.1. The van der Waals surface area contributed by atoms with Crippen molar-refractivity contribution >= 4 is 28.2 Å². The molecule has 2 aromatic carbocycles. The van der Waals surface area contributed by atoms with Gasteiger partial charge in [-0.15, -0.1) is 10.2 Å². The highest BCUT2D eigenvalue weighted by molar-refractivity contribution is 6.07. The molecule has 0 aliphatic carbocycles. The minimum atomic E-state index is -0.260. The summed E-state index contributed by atoms with van der Waals surface area (Å²) in [5.74, 6) is 1.40. The highest BCUT2D eigenvalue weighted by atomic mass is 16.5. The maximum atomic E-state index is 12.9. The smallest absolute Gasteiger partial charge is 0.272 e. The number of benzene rings is 2. The molecule has 0 bridgehead atoms. The summed E-state index contributed by atoms with van der Waals surface area (Å²) in [5, 5.41) is 13.5. The molecule has 34 heavy (non-hydrogen) atoms. The van der Waals surface area contributed by atoms with Gasteiger partial charge in [-0.3, -0.25) is 9.78 Å². The SMILES string of the molecule is COc1cccc(N2CCN(c3nnc(C(=O)NCc4ccccn4)c4ccccc34)CC2)c1. The summed E-state index contributed by atoms with van der Waals surface area (Å²) >= 11 is 0. The maximum Gasteiger partial charge on any atom is 0.272 e. The number of rotatable bonds is 6. The zero-order valence-electron chi connectivity index (χ0n) is 19.0. The van der Waals surface area contributed by atoms with Crippen LogP contribution in [0.3, 0.4) is 0 Å². The molecule has 4 aromatic rings. The molecule has 1 aliphatic heterocycles. The van der Waals surface area contributed by atoms with Crippen molar-refractivity contribution in [1.82, 2.24) is 20.5 Å². The van der Waals surface area contributed by atoms with Crippen molar-refractivity contribution in [2.24, 2.45) is 0 Å². The minimum Gasteiger partial charge on any atom is -0.497 e. The van der Waals surface area contributed by atoms with Crippen LogP contribution in [0.1, 0.15) is 16.2 Å². The van der Waals surface area contributed by atoms with Crippen LogP contribution in [0.5, 0.6) is 5.75 Å². The number of ether oxygens (including phenoxy) is 1. The van der Waals surface area contributed by atoms with E-state index in [4.69, 9.17) is 4.74 Å². The van der Waals surface area contributed by atoms with Crippen LogP contribution in [0.25, 0.3) is 10.8 Å². The molecule has 1 aliphatic rings. The van der Waals surface area contributed by atoms with E-state index in [9.17, 15) is 4.79 Å². The summed E-state index contributed by atoms with van der Waals surface area (Å²) in [6.07, 6.45) is 1.71. The highest BCUT2D eigenvalue weighted by Gasteiger charge is 2.23. The van der Waals surface area contributed by atoms with E-state index in [-0.39, 0.29) is 5.91 Å². The molecular weight excluding hydrogens is 428 g/mol. The van der Waals surface area contributed by atoms with E-state index >= 15 is 0 Å². The Morgan fingerprint density at radius 2 is 1.68 bits per heavy atom. The average molecular weight is 455 g/mol. The molecule has 5 rings (SSSR count). The van der Waals surface area contributed by atoms with Crippen LogP contribution in [0, 0.1) is 0 Å². The van der Waals surface area contributed by atoms with Gasteiger partial charge in [-0.1, -0.05) is 36.4 Å². The van der Waals surface area contributed by atoms with Gasteiger partial charge in [0.05, 0.1) is 19.3 Å². The van der Waals surface area contributed by atoms with Crippen molar-refractivity contribution in [3.63, 3.8) is 0 Å². The number of hydrogen-bond donors (Lipinski definition) is 1. The van der Waals surface area contributed by atoms with E-state index in [0.29, 0.717) is 12.2 Å². The first-order chi connectivity index (χ1) is 16.7. The fourth-order valence-corrected chi connectivity index (χ4v) is 4.23. The van der Waals surface area contributed by atoms with E-state index in [1.807, 2.05) is 54.6 Å². The minimum absolute atomic E-state index is 0.260. The topological polar surface area (TPSA) is 83.5 Å². The van der Waals surface area contributed by atoms with Gasteiger partial charge in [0.25, 0.3) is 5.91 Å². The summed E-state index contributed by atoms with van der Waals surface area (Å²) in [6.45, 7) is 3.66. The molecule has 0 unspecified atom stereocenters. The van der Waals surface area contributed by atoms with Crippen LogP contribution in [-0.2, 0) is 6.54 Å². The van der Waals surface area contributed by atoms with Gasteiger partial charge in [0.2, 0.25) is 0 Å². The molecule has 0 atom stereocenters. The first-order valence-electron chi connectivity index (χ1n) is 11.3. The first kappa shape index (κ1) is 21.6. The summed E-state index contributed by atoms with van der Waals surface area (Å²) in [5.41, 5.74) is 2.26. The van der Waals surface area contributed by atoms with Gasteiger partial charge >= 0.3 is 0 Å². The Bertz CT molecular complexity index is 1290. The molecule has 0 radical (unpaired) electrons. The maximum absolute atomic E-state index is 12.9. The molecule has 0 spiro atoms. The third-order valence-corrected chi connectivity index (χ3v) is 6.04. The lowest BCUT2D eigenvalue weighted by Crippen LogP contribution is -2.47. The van der Waals surface area contributed by atoms with Gasteiger partial charge in [0.1, 0.15) is 5.75 Å². The van der Waals surface area contributed by atoms with Crippen LogP contribution in [0.15, 0.2) is 72.9 Å². The van der Waals surface area contributed by atoms with Crippen molar-refractivity contribution in [2.75, 3.05) is 43.1 Å². The molecular formula is C26H26N6O2. The van der Waals surface area contributed by atoms with Gasteiger partial charge < -0.3 is 19.9 Å². The lowest BCUT2D eigenvalue weighted by molar-refractivity contribution is 0.0946. The van der Waals surface area contributed by atoms with Crippen molar-refractivity contribution in [3.05, 3.63) is 84.3 Å². The number of nitrogens with one attached hydrogen (secondary N) is 1. The van der Waals surface area contributed by atoms with Crippen LogP contribution in [0.2, 0.25) is 0 Å². The Kier molecular flexibility index (Phi) is 6.20. The van der Waals surface area contributed by atoms with Crippen molar-refractivity contribution < 1.29 is 9.53 Å². The molecule has 1 fully saturated rings. The Morgan fingerprint density at radius 3 is 2.44 bits per heavy atom. The Labute approximate surface area is 198 Å². The summed E-state index contributed by atoms with van der Waals surface area (Å²) in [6, 6.07) is 21.6. The Morgan fingerprint density at radius 1 is 0.912 bits per heavy atom. The van der Waals surface area contributed by atoms with Gasteiger partial charge in [-0.05, 0) is 24.3 Å². The quantitative estimate of drug-likeness (QED) is 0.479. The van der Waals surface area contributed by atoms with E-state index in [1.165, 1.54) is 0 Å². The monoisotopic (exact) mass is 454 g/mol. The van der Waals surface area contributed by atoms with Crippen LogP contribution >= 0.6 is 0 Å². The molecule has 3 heterocycles. The van der Waals surface area contributed by atoms with Crippen molar-refractivity contribution in [2.45, 2.75) is 6.54 Å². The fraction of sp³-hybridized carbons (Fsp3) is 0.231. The van der Waals surface area contributed by atoms with E-state index in [1.54, 1.807) is 13.3 Å². The Balaban J connectivity index is 1.33. The predicted octanol–water partition coefficient (Wildman–Crippen LogP) is 3.29. The van der Waals surface area contributed by atoms with Gasteiger partial charge in [0, 0.05) is 54.9 Å². The lowest BCUT2D eigenvalue weighted by Gasteiger charge is -2.37. The normalized spacial score (nSPS) is 13.7. The number of fused-ring (bicyclic) bond motifs is 1. The van der Waals surface area contributed by atoms with E-state index in [0.717, 1.165) is 59.9 Å². The number of nitrogens with zero attached hydrogens (tertiary/aromatic N) is 5. The van der Waals surface area contributed by atoms with Gasteiger partial charge in [-0.2, -0.15) is 0 Å². The van der Waals surface area contributed by atoms with E-state index in [2.05, 4.69) is 42.4 Å². The fourth-order valence-electron chi connectivity index (χ4n) is 4.23. The molecule has 1 amide bonds. The molecule has 8 nitrogen and oxygen atoms in total. The first-order valence-corrected chi connectivity index (χ1v) is 11.3. The van der Waals surface area contributed by atoms with Crippen molar-refractivity contribution in [3.8, 4) is 5.75 Å².